The maximum atomic E-state index is 12.5. The van der Waals surface area contributed by atoms with Crippen LogP contribution in [-0.2, 0) is 0 Å². The van der Waals surface area contributed by atoms with Gasteiger partial charge in [-0.25, -0.2) is 4.98 Å². The number of para-hydroxylation sites is 1. The number of aromatic nitrogens is 2. The third kappa shape index (κ3) is 3.28. The number of hydrogen-bond acceptors (Lipinski definition) is 4. The van der Waals surface area contributed by atoms with Crippen LogP contribution in [0.15, 0.2) is 29.1 Å². The Morgan fingerprint density at radius 2 is 2.00 bits per heavy atom. The van der Waals surface area contributed by atoms with Gasteiger partial charge >= 0.3 is 0 Å². The fourth-order valence-corrected chi connectivity index (χ4v) is 2.14. The summed E-state index contributed by atoms with van der Waals surface area (Å²) in [6.07, 6.45) is -0.650. The molecule has 21 heavy (non-hydrogen) atoms. The van der Waals surface area contributed by atoms with E-state index in [1.807, 2.05) is 13.8 Å². The lowest BCUT2D eigenvalue weighted by Crippen LogP contribution is -2.42. The number of hydrogen-bond donors (Lipinski definition) is 2. The van der Waals surface area contributed by atoms with Crippen LogP contribution >= 0.6 is 0 Å². The highest BCUT2D eigenvalue weighted by Gasteiger charge is 2.22. The SMILES string of the molecule is CC(O)CN(C(=O)c1nc2ccccc2c(=O)[nH]1)C(C)C. The van der Waals surface area contributed by atoms with E-state index in [4.69, 9.17) is 0 Å². The lowest BCUT2D eigenvalue weighted by molar-refractivity contribution is 0.0567. The molecule has 1 heterocycles. The Labute approximate surface area is 122 Å². The first kappa shape index (κ1) is 15.2. The molecule has 0 aliphatic carbocycles. The average Bonchev–Trinajstić information content (AvgIpc) is 2.43. The summed E-state index contributed by atoms with van der Waals surface area (Å²) in [6, 6.07) is 6.75. The van der Waals surface area contributed by atoms with Gasteiger partial charge in [-0.3, -0.25) is 9.59 Å². The van der Waals surface area contributed by atoms with E-state index in [9.17, 15) is 14.7 Å². The fourth-order valence-electron chi connectivity index (χ4n) is 2.14. The van der Waals surface area contributed by atoms with Crippen LogP contribution in [0.2, 0.25) is 0 Å². The Hall–Kier alpha value is -2.21. The highest BCUT2D eigenvalue weighted by Crippen LogP contribution is 2.09. The summed E-state index contributed by atoms with van der Waals surface area (Å²) in [5.74, 6) is -0.401. The minimum Gasteiger partial charge on any atom is -0.392 e. The van der Waals surface area contributed by atoms with Crippen LogP contribution in [0.4, 0.5) is 0 Å². The predicted octanol–water partition coefficient (Wildman–Crippen LogP) is 1.15. The van der Waals surface area contributed by atoms with Gasteiger partial charge < -0.3 is 15.0 Å². The molecule has 2 rings (SSSR count). The number of nitrogens with zero attached hydrogens (tertiary/aromatic N) is 2. The van der Waals surface area contributed by atoms with Crippen molar-refractivity contribution >= 4 is 16.8 Å². The number of carbonyl (C=O) groups excluding carboxylic acids is 1. The largest absolute Gasteiger partial charge is 0.392 e. The molecule has 6 nitrogen and oxygen atoms in total. The van der Waals surface area contributed by atoms with Gasteiger partial charge in [-0.2, -0.15) is 0 Å². The Morgan fingerprint density at radius 3 is 2.62 bits per heavy atom. The fraction of sp³-hybridized carbons (Fsp3) is 0.400. The van der Waals surface area contributed by atoms with Gasteiger partial charge in [0, 0.05) is 12.6 Å². The second kappa shape index (κ2) is 6.05. The van der Waals surface area contributed by atoms with E-state index in [0.29, 0.717) is 10.9 Å². The molecule has 0 fully saturated rings. The van der Waals surface area contributed by atoms with Gasteiger partial charge in [0.2, 0.25) is 0 Å². The molecule has 1 atom stereocenters. The van der Waals surface area contributed by atoms with Crippen molar-refractivity contribution in [2.24, 2.45) is 0 Å². The normalized spacial score (nSPS) is 12.6. The van der Waals surface area contributed by atoms with Gasteiger partial charge in [-0.05, 0) is 32.9 Å². The standard InChI is InChI=1S/C15H19N3O3/c1-9(2)18(8-10(3)19)15(21)13-16-12-7-5-4-6-11(12)14(20)17-13/h4-7,9-10,19H,8H2,1-3H3,(H,16,17,20). The topological polar surface area (TPSA) is 86.3 Å². The molecule has 0 aliphatic rings. The second-order valence-electron chi connectivity index (χ2n) is 5.33. The number of fused-ring (bicyclic) bond motifs is 1. The molecule has 0 spiro atoms. The third-order valence-corrected chi connectivity index (χ3v) is 3.16. The Morgan fingerprint density at radius 1 is 1.33 bits per heavy atom. The summed E-state index contributed by atoms with van der Waals surface area (Å²) in [4.78, 5) is 32.7. The molecule has 1 amide bonds. The number of aliphatic hydroxyl groups excluding tert-OH is 1. The average molecular weight is 289 g/mol. The number of H-pyrrole nitrogens is 1. The first-order valence-corrected chi connectivity index (χ1v) is 6.88. The minimum atomic E-state index is -0.650. The molecule has 0 saturated heterocycles. The zero-order valence-electron chi connectivity index (χ0n) is 12.3. The van der Waals surface area contributed by atoms with Gasteiger partial charge in [0.05, 0.1) is 17.0 Å². The quantitative estimate of drug-likeness (QED) is 0.884. The van der Waals surface area contributed by atoms with Crippen molar-refractivity contribution in [1.82, 2.24) is 14.9 Å². The van der Waals surface area contributed by atoms with Crippen molar-refractivity contribution in [2.45, 2.75) is 32.9 Å². The first-order valence-electron chi connectivity index (χ1n) is 6.88. The third-order valence-electron chi connectivity index (χ3n) is 3.16. The second-order valence-corrected chi connectivity index (χ2v) is 5.33. The summed E-state index contributed by atoms with van der Waals surface area (Å²) in [5, 5.41) is 9.95. The van der Waals surface area contributed by atoms with E-state index in [2.05, 4.69) is 9.97 Å². The van der Waals surface area contributed by atoms with Gasteiger partial charge in [-0.1, -0.05) is 12.1 Å². The summed E-state index contributed by atoms with van der Waals surface area (Å²) in [6.45, 7) is 5.49. The molecule has 6 heteroatoms. The molecule has 2 N–H and O–H groups in total. The van der Waals surface area contributed by atoms with E-state index in [0.717, 1.165) is 0 Å². The van der Waals surface area contributed by atoms with Crippen LogP contribution in [0.1, 0.15) is 31.4 Å². The van der Waals surface area contributed by atoms with Crippen LogP contribution < -0.4 is 5.56 Å². The van der Waals surface area contributed by atoms with E-state index in [-0.39, 0.29) is 24.0 Å². The summed E-state index contributed by atoms with van der Waals surface area (Å²) in [5.41, 5.74) is 0.134. The highest BCUT2D eigenvalue weighted by molar-refractivity contribution is 5.92. The molecule has 1 aromatic carbocycles. The Bertz CT molecular complexity index is 707. The van der Waals surface area contributed by atoms with Crippen LogP contribution in [0.25, 0.3) is 10.9 Å². The van der Waals surface area contributed by atoms with Crippen molar-refractivity contribution in [1.29, 1.82) is 0 Å². The number of aromatic amines is 1. The van der Waals surface area contributed by atoms with Gasteiger partial charge in [0.25, 0.3) is 11.5 Å². The number of benzene rings is 1. The van der Waals surface area contributed by atoms with Crippen LogP contribution in [0, 0.1) is 0 Å². The molecule has 2 aromatic rings. The van der Waals surface area contributed by atoms with Crippen molar-refractivity contribution in [3.63, 3.8) is 0 Å². The molecular weight excluding hydrogens is 270 g/mol. The van der Waals surface area contributed by atoms with Crippen LogP contribution in [0.5, 0.6) is 0 Å². The molecular formula is C15H19N3O3. The first-order chi connectivity index (χ1) is 9.90. The van der Waals surface area contributed by atoms with Gasteiger partial charge in [0.1, 0.15) is 0 Å². The number of rotatable bonds is 4. The monoisotopic (exact) mass is 289 g/mol. The van der Waals surface area contributed by atoms with Crippen molar-refractivity contribution in [3.8, 4) is 0 Å². The smallest absolute Gasteiger partial charge is 0.290 e. The van der Waals surface area contributed by atoms with Gasteiger partial charge in [0.15, 0.2) is 5.82 Å². The molecule has 112 valence electrons. The van der Waals surface area contributed by atoms with Crippen molar-refractivity contribution in [2.75, 3.05) is 6.54 Å². The van der Waals surface area contributed by atoms with E-state index >= 15 is 0 Å². The summed E-state index contributed by atoms with van der Waals surface area (Å²) in [7, 11) is 0. The van der Waals surface area contributed by atoms with Gasteiger partial charge in [-0.15, -0.1) is 0 Å². The number of carbonyl (C=O) groups is 1. The number of amides is 1. The van der Waals surface area contributed by atoms with E-state index in [1.54, 1.807) is 31.2 Å². The number of aliphatic hydroxyl groups is 1. The summed E-state index contributed by atoms with van der Waals surface area (Å²) >= 11 is 0. The van der Waals surface area contributed by atoms with E-state index in [1.165, 1.54) is 4.90 Å². The van der Waals surface area contributed by atoms with Crippen LogP contribution in [0.3, 0.4) is 0 Å². The molecule has 0 aliphatic heterocycles. The minimum absolute atomic E-state index is 0.00644. The maximum absolute atomic E-state index is 12.5. The summed E-state index contributed by atoms with van der Waals surface area (Å²) < 4.78 is 0. The van der Waals surface area contributed by atoms with E-state index < -0.39 is 12.0 Å². The molecule has 0 saturated carbocycles. The number of nitrogens with one attached hydrogen (secondary N) is 1. The van der Waals surface area contributed by atoms with Crippen molar-refractivity contribution < 1.29 is 9.90 Å². The molecule has 1 unspecified atom stereocenters. The molecule has 0 bridgehead atoms. The van der Waals surface area contributed by atoms with Crippen LogP contribution in [-0.4, -0.2) is 44.6 Å². The lowest BCUT2D eigenvalue weighted by Gasteiger charge is -2.27. The van der Waals surface area contributed by atoms with Crippen molar-refractivity contribution in [3.05, 3.63) is 40.4 Å². The maximum Gasteiger partial charge on any atom is 0.290 e. The zero-order valence-corrected chi connectivity index (χ0v) is 12.3. The molecule has 1 aromatic heterocycles. The highest BCUT2D eigenvalue weighted by atomic mass is 16.3. The zero-order chi connectivity index (χ0) is 15.6. The molecule has 0 radical (unpaired) electrons. The Kier molecular flexibility index (Phi) is 4.37. The Balaban J connectivity index is 2.45. The lowest BCUT2D eigenvalue weighted by atomic mass is 10.2. The predicted molar refractivity (Wildman–Crippen MR) is 80.2 cm³/mol.